The van der Waals surface area contributed by atoms with E-state index in [0.29, 0.717) is 52.4 Å². The predicted octanol–water partition coefficient (Wildman–Crippen LogP) is 5.03. The zero-order valence-corrected chi connectivity index (χ0v) is 23.5. The fourth-order valence-corrected chi connectivity index (χ4v) is 6.77. The van der Waals surface area contributed by atoms with Gasteiger partial charge in [0.1, 0.15) is 6.54 Å². The third-order valence-corrected chi connectivity index (χ3v) is 8.85. The number of para-hydroxylation sites is 1. The summed E-state index contributed by atoms with van der Waals surface area (Å²) >= 11 is 3.49. The summed E-state index contributed by atoms with van der Waals surface area (Å²) in [5.41, 5.74) is 3.28. The molecule has 0 saturated carbocycles. The third kappa shape index (κ3) is 5.49. The standard InChI is InChI=1S/C29H27BrF3N5O3/c30-23-11-18-9-19(28(41)38(15-29(31,32)33)14-22(18)21-13-34-36-26(21)23)12-25(39)37-7-5-16(6-8-37)20-10-17-3-1-2-4-24(17)35-27(20)40/h1-4,10-11,13,16,19H,5-9,12,14-15H2,(H,34,36)(H,35,40)/t19-/m0/s1. The Morgan fingerprint density at radius 1 is 1.12 bits per heavy atom. The number of pyridine rings is 1. The van der Waals surface area contributed by atoms with Gasteiger partial charge in [-0.25, -0.2) is 0 Å². The van der Waals surface area contributed by atoms with Crippen molar-refractivity contribution in [2.75, 3.05) is 19.6 Å². The van der Waals surface area contributed by atoms with Gasteiger partial charge in [-0.2, -0.15) is 18.3 Å². The molecule has 12 heteroatoms. The Labute approximate surface area is 241 Å². The highest BCUT2D eigenvalue weighted by atomic mass is 79.9. The van der Waals surface area contributed by atoms with Gasteiger partial charge in [0.2, 0.25) is 11.8 Å². The van der Waals surface area contributed by atoms with E-state index in [1.165, 1.54) is 0 Å². The van der Waals surface area contributed by atoms with Gasteiger partial charge < -0.3 is 14.8 Å². The van der Waals surface area contributed by atoms with Gasteiger partial charge in [0.15, 0.2) is 0 Å². The van der Waals surface area contributed by atoms with E-state index in [1.807, 2.05) is 30.3 Å². The molecule has 0 unspecified atom stereocenters. The summed E-state index contributed by atoms with van der Waals surface area (Å²) in [5.74, 6) is -1.90. The van der Waals surface area contributed by atoms with Gasteiger partial charge in [-0.15, -0.1) is 0 Å². The second-order valence-electron chi connectivity index (χ2n) is 10.9. The summed E-state index contributed by atoms with van der Waals surface area (Å²) in [6.07, 6.45) is -1.90. The fourth-order valence-electron chi connectivity index (χ4n) is 6.19. The molecule has 8 nitrogen and oxygen atoms in total. The van der Waals surface area contributed by atoms with Gasteiger partial charge in [-0.1, -0.05) is 18.2 Å². The Morgan fingerprint density at radius 3 is 2.63 bits per heavy atom. The van der Waals surface area contributed by atoms with Gasteiger partial charge >= 0.3 is 6.18 Å². The smallest absolute Gasteiger partial charge is 0.343 e. The molecule has 2 aromatic carbocycles. The topological polar surface area (TPSA) is 102 Å². The molecule has 0 spiro atoms. The number of piperidine rings is 1. The van der Waals surface area contributed by atoms with Crippen molar-refractivity contribution in [3.8, 4) is 0 Å². The Balaban J connectivity index is 1.20. The Kier molecular flexibility index (Phi) is 7.13. The summed E-state index contributed by atoms with van der Waals surface area (Å²) in [6.45, 7) is -0.800. The highest BCUT2D eigenvalue weighted by Gasteiger charge is 2.39. The van der Waals surface area contributed by atoms with Crippen LogP contribution in [0.15, 0.2) is 51.9 Å². The molecule has 4 aromatic rings. The highest BCUT2D eigenvalue weighted by Crippen LogP contribution is 2.36. The monoisotopic (exact) mass is 629 g/mol. The number of fused-ring (bicyclic) bond motifs is 4. The van der Waals surface area contributed by atoms with E-state index in [1.54, 1.807) is 17.2 Å². The first kappa shape index (κ1) is 27.5. The lowest BCUT2D eigenvalue weighted by Gasteiger charge is -2.33. The van der Waals surface area contributed by atoms with Crippen LogP contribution in [0.1, 0.15) is 41.9 Å². The molecule has 0 aliphatic carbocycles. The van der Waals surface area contributed by atoms with Gasteiger partial charge in [0.05, 0.1) is 17.6 Å². The molecule has 6 rings (SSSR count). The Morgan fingerprint density at radius 2 is 1.88 bits per heavy atom. The van der Waals surface area contributed by atoms with Crippen LogP contribution in [0.4, 0.5) is 13.2 Å². The number of nitrogens with one attached hydrogen (secondary N) is 2. The first-order valence-electron chi connectivity index (χ1n) is 13.5. The van der Waals surface area contributed by atoms with Crippen molar-refractivity contribution in [2.24, 2.45) is 5.92 Å². The van der Waals surface area contributed by atoms with Crippen molar-refractivity contribution in [1.29, 1.82) is 0 Å². The second-order valence-corrected chi connectivity index (χ2v) is 11.7. The molecule has 4 heterocycles. The molecule has 41 heavy (non-hydrogen) atoms. The fraction of sp³-hybridized carbons (Fsp3) is 0.379. The maximum atomic E-state index is 13.5. The minimum atomic E-state index is -4.58. The van der Waals surface area contributed by atoms with E-state index < -0.39 is 24.5 Å². The number of alkyl halides is 3. The first-order valence-corrected chi connectivity index (χ1v) is 14.3. The van der Waals surface area contributed by atoms with Gasteiger partial charge in [0.25, 0.3) is 5.56 Å². The lowest BCUT2D eigenvalue weighted by molar-refractivity contribution is -0.165. The summed E-state index contributed by atoms with van der Waals surface area (Å²) in [5, 5.41) is 8.46. The molecule has 2 aromatic heterocycles. The van der Waals surface area contributed by atoms with Crippen LogP contribution in [-0.2, 0) is 22.6 Å². The molecule has 2 aliphatic rings. The lowest BCUT2D eigenvalue weighted by atomic mass is 9.88. The number of nitrogens with zero attached hydrogens (tertiary/aromatic N) is 3. The van der Waals surface area contributed by atoms with Gasteiger partial charge in [-0.05, 0) is 75.8 Å². The lowest BCUT2D eigenvalue weighted by Crippen LogP contribution is -2.44. The van der Waals surface area contributed by atoms with Crippen LogP contribution < -0.4 is 5.56 Å². The van der Waals surface area contributed by atoms with Crippen LogP contribution in [0.25, 0.3) is 21.8 Å². The zero-order chi connectivity index (χ0) is 28.9. The van der Waals surface area contributed by atoms with Crippen LogP contribution >= 0.6 is 15.9 Å². The molecule has 1 fully saturated rings. The van der Waals surface area contributed by atoms with Crippen molar-refractivity contribution in [2.45, 2.75) is 44.3 Å². The number of rotatable bonds is 4. The van der Waals surface area contributed by atoms with E-state index in [4.69, 9.17) is 0 Å². The number of halogens is 4. The van der Waals surface area contributed by atoms with Crippen LogP contribution in [0.3, 0.4) is 0 Å². The second kappa shape index (κ2) is 10.6. The van der Waals surface area contributed by atoms with Crippen LogP contribution in [0.2, 0.25) is 0 Å². The number of hydrogen-bond acceptors (Lipinski definition) is 4. The van der Waals surface area contributed by atoms with Crippen LogP contribution in [0.5, 0.6) is 0 Å². The van der Waals surface area contributed by atoms with E-state index >= 15 is 0 Å². The molecular formula is C29H27BrF3N5O3. The molecule has 1 atom stereocenters. The first-order chi connectivity index (χ1) is 19.6. The SMILES string of the molecule is O=C(C[C@@H]1Cc2cc(Br)c3[nH]ncc3c2CN(CC(F)(F)F)C1=O)N1CCC(c2cc3ccccc3[nH]c2=O)CC1. The van der Waals surface area contributed by atoms with Crippen molar-refractivity contribution < 1.29 is 22.8 Å². The maximum Gasteiger partial charge on any atom is 0.406 e. The maximum absolute atomic E-state index is 13.5. The van der Waals surface area contributed by atoms with Crippen LogP contribution in [0, 0.1) is 5.92 Å². The Hall–Kier alpha value is -3.67. The minimum Gasteiger partial charge on any atom is -0.343 e. The summed E-state index contributed by atoms with van der Waals surface area (Å²) in [7, 11) is 0. The van der Waals surface area contributed by atoms with E-state index in [9.17, 15) is 27.6 Å². The largest absolute Gasteiger partial charge is 0.406 e. The number of carbonyl (C=O) groups excluding carboxylic acids is 2. The van der Waals surface area contributed by atoms with Crippen molar-refractivity contribution in [3.63, 3.8) is 0 Å². The third-order valence-electron chi connectivity index (χ3n) is 8.23. The number of likely N-dealkylation sites (tertiary alicyclic amines) is 1. The van der Waals surface area contributed by atoms with Gasteiger partial charge in [-0.3, -0.25) is 19.5 Å². The quantitative estimate of drug-likeness (QED) is 0.331. The predicted molar refractivity (Wildman–Crippen MR) is 150 cm³/mol. The highest BCUT2D eigenvalue weighted by molar-refractivity contribution is 9.10. The summed E-state index contributed by atoms with van der Waals surface area (Å²) < 4.78 is 41.2. The summed E-state index contributed by atoms with van der Waals surface area (Å²) in [6, 6.07) is 11.3. The average Bonchev–Trinajstić information content (AvgIpc) is 3.39. The number of aromatic amines is 2. The van der Waals surface area contributed by atoms with E-state index in [2.05, 4.69) is 31.1 Å². The normalized spacial score (nSPS) is 18.6. The van der Waals surface area contributed by atoms with E-state index in [-0.39, 0.29) is 36.8 Å². The summed E-state index contributed by atoms with van der Waals surface area (Å²) in [4.78, 5) is 45.0. The Bertz CT molecular complexity index is 1710. The molecule has 2 amide bonds. The molecule has 214 valence electrons. The molecule has 2 N–H and O–H groups in total. The molecular weight excluding hydrogens is 603 g/mol. The van der Waals surface area contributed by atoms with E-state index in [0.717, 1.165) is 21.4 Å². The average molecular weight is 630 g/mol. The number of aromatic nitrogens is 3. The van der Waals surface area contributed by atoms with Crippen LogP contribution in [-0.4, -0.2) is 62.6 Å². The number of hydrogen-bond donors (Lipinski definition) is 2. The molecule has 1 saturated heterocycles. The molecule has 0 bridgehead atoms. The minimum absolute atomic E-state index is 0.0178. The molecule has 0 radical (unpaired) electrons. The molecule has 2 aliphatic heterocycles. The van der Waals surface area contributed by atoms with Crippen molar-refractivity contribution in [1.82, 2.24) is 25.0 Å². The van der Waals surface area contributed by atoms with Gasteiger partial charge in [0, 0.05) is 47.0 Å². The number of H-pyrrole nitrogens is 2. The number of amides is 2. The zero-order valence-electron chi connectivity index (χ0n) is 21.9. The van der Waals surface area contributed by atoms with Crippen molar-refractivity contribution in [3.05, 3.63) is 74.1 Å². The number of carbonyl (C=O) groups is 2. The van der Waals surface area contributed by atoms with Crippen molar-refractivity contribution >= 4 is 49.6 Å². The number of benzene rings is 2.